The molecular formula is C20H48OS. The van der Waals surface area contributed by atoms with Crippen LogP contribution in [-0.2, 0) is 9.52 Å². The van der Waals surface area contributed by atoms with Gasteiger partial charge in [0.2, 0.25) is 0 Å². The van der Waals surface area contributed by atoms with Crippen molar-refractivity contribution in [2.45, 2.75) is 113 Å². The Labute approximate surface area is 144 Å². The Hall–Kier alpha value is 0.0200. The van der Waals surface area contributed by atoms with Gasteiger partial charge in [-0.2, -0.15) is 0 Å². The van der Waals surface area contributed by atoms with Crippen molar-refractivity contribution < 1.29 is 4.21 Å². The van der Waals surface area contributed by atoms with Crippen LogP contribution in [-0.4, -0.2) is 22.1 Å². The van der Waals surface area contributed by atoms with E-state index in [0.29, 0.717) is 0 Å². The summed E-state index contributed by atoms with van der Waals surface area (Å²) in [5, 5.41) is 0. The summed E-state index contributed by atoms with van der Waals surface area (Å²) in [6, 6.07) is 0. The number of hydrogen-bond acceptors (Lipinski definition) is 1. The van der Waals surface area contributed by atoms with Gasteiger partial charge in [0.05, 0.1) is 0 Å². The minimum absolute atomic E-state index is 0. The predicted octanol–water partition coefficient (Wildman–Crippen LogP) is 7.33. The van der Waals surface area contributed by atoms with Gasteiger partial charge in [0.1, 0.15) is 0 Å². The summed E-state index contributed by atoms with van der Waals surface area (Å²) >= 11 is 0. The van der Waals surface area contributed by atoms with Crippen LogP contribution < -0.4 is 0 Å². The van der Waals surface area contributed by atoms with E-state index >= 15 is 0 Å². The Bertz CT molecular complexity index is 240. The predicted molar refractivity (Wildman–Crippen MR) is 112 cm³/mol. The van der Waals surface area contributed by atoms with Gasteiger partial charge in [0, 0.05) is 12.0 Å². The fourth-order valence-corrected chi connectivity index (χ4v) is 2.71. The molecule has 0 spiro atoms. The minimum atomic E-state index is -1.73. The van der Waals surface area contributed by atoms with Crippen molar-refractivity contribution in [3.05, 3.63) is 0 Å². The van der Waals surface area contributed by atoms with Crippen molar-refractivity contribution in [3.63, 3.8) is 0 Å². The van der Waals surface area contributed by atoms with Gasteiger partial charge in [-0.1, -0.05) is 106 Å². The number of unbranched alkanes of at least 4 members (excludes halogenated alkanes) is 9. The topological polar surface area (TPSA) is 17.1 Å². The van der Waals surface area contributed by atoms with Crippen LogP contribution in [0.2, 0.25) is 0 Å². The van der Waals surface area contributed by atoms with Crippen LogP contribution in [0.25, 0.3) is 0 Å². The van der Waals surface area contributed by atoms with Crippen LogP contribution in [0.5, 0.6) is 0 Å². The minimum Gasteiger partial charge on any atom is -0.268 e. The third-order valence-corrected chi connectivity index (χ3v) is 4.29. The normalized spacial score (nSPS) is 11.9. The highest BCUT2D eigenvalue weighted by molar-refractivity contribution is 7.99. The highest BCUT2D eigenvalue weighted by atomic mass is 32.2. The van der Waals surface area contributed by atoms with Crippen molar-refractivity contribution in [3.8, 4) is 0 Å². The average molecular weight is 337 g/mol. The molecule has 0 heterocycles. The van der Waals surface area contributed by atoms with E-state index in [-0.39, 0.29) is 7.43 Å². The van der Waals surface area contributed by atoms with E-state index < -0.39 is 9.52 Å². The summed E-state index contributed by atoms with van der Waals surface area (Å²) < 4.78 is 11.2. The molecule has 0 fully saturated rings. The molecule has 22 heavy (non-hydrogen) atoms. The lowest BCUT2D eigenvalue weighted by Crippen LogP contribution is -2.01. The molecule has 0 aliphatic rings. The maximum atomic E-state index is 11.2. The largest absolute Gasteiger partial charge is 0.268 e. The van der Waals surface area contributed by atoms with E-state index in [2.05, 4.69) is 26.6 Å². The van der Waals surface area contributed by atoms with Gasteiger partial charge in [-0.3, -0.25) is 4.21 Å². The zero-order chi connectivity index (χ0) is 17.0. The van der Waals surface area contributed by atoms with Crippen molar-refractivity contribution in [2.24, 2.45) is 0 Å². The summed E-state index contributed by atoms with van der Waals surface area (Å²) in [5.41, 5.74) is 0. The van der Waals surface area contributed by atoms with Crippen LogP contribution in [0.15, 0.2) is 0 Å². The molecular weight excluding hydrogens is 288 g/mol. The fourth-order valence-electron chi connectivity index (χ4n) is 1.89. The molecule has 0 saturated carbocycles. The molecule has 0 rings (SSSR count). The van der Waals surface area contributed by atoms with Crippen molar-refractivity contribution in [2.75, 3.05) is 12.0 Å². The molecule has 0 saturated heterocycles. The lowest BCUT2D eigenvalue weighted by atomic mass is 10.1. The molecule has 1 atom stereocenters. The first kappa shape index (κ1) is 30.0. The lowest BCUT2D eigenvalue weighted by Gasteiger charge is -2.02. The van der Waals surface area contributed by atoms with E-state index in [1.807, 2.05) is 13.8 Å². The van der Waals surface area contributed by atoms with Gasteiger partial charge in [0.15, 0.2) is 0 Å². The second-order valence-corrected chi connectivity index (χ2v) is 8.49. The van der Waals surface area contributed by atoms with Gasteiger partial charge in [0.25, 0.3) is 0 Å². The third-order valence-electron chi connectivity index (χ3n) is 3.14. The van der Waals surface area contributed by atoms with Crippen LogP contribution in [0.1, 0.15) is 113 Å². The maximum absolute atomic E-state index is 11.2. The fraction of sp³-hybridized carbons (Fsp3) is 0.950. The molecule has 0 aromatic heterocycles. The summed E-state index contributed by atoms with van der Waals surface area (Å²) in [5.74, 6) is 4.46. The van der Waals surface area contributed by atoms with E-state index in [4.69, 9.17) is 0 Å². The Morgan fingerprint density at radius 3 is 1.27 bits per heavy atom. The summed E-state index contributed by atoms with van der Waals surface area (Å²) in [6.07, 6.45) is 16.3. The zero-order valence-electron chi connectivity index (χ0n) is 16.0. The Morgan fingerprint density at radius 2 is 1.00 bits per heavy atom. The first-order valence-electron chi connectivity index (χ1n) is 9.27. The van der Waals surface area contributed by atoms with Crippen LogP contribution in [0.3, 0.4) is 0 Å². The Kier molecular flexibility index (Phi) is 35.3. The molecule has 1 nitrogen and oxygen atoms in total. The molecule has 0 bridgehead atoms. The molecule has 0 amide bonds. The molecule has 0 aliphatic heterocycles. The first-order valence-corrected chi connectivity index (χ1v) is 11.6. The second kappa shape index (κ2) is 25.9. The van der Waals surface area contributed by atoms with Gasteiger partial charge < -0.3 is 0 Å². The lowest BCUT2D eigenvalue weighted by molar-refractivity contribution is 0.585. The van der Waals surface area contributed by atoms with Gasteiger partial charge in [-0.15, -0.1) is 0 Å². The standard InChI is InChI=1S/C12H26OS.C5H12.C2H6.CH4/c1-4-5-6-7-8-9-10-11-12-14(2,3)13;1-3-5-4-2;1-2;/h2,4-12H2,1,3H3;3-5H2,1-2H3;1-2H3;1H4. The first-order chi connectivity index (χ1) is 9.97. The SMILES string of the molecule is C.C=S(C)(=O)CCCCCCCCCC.CC.CCCCC. The van der Waals surface area contributed by atoms with E-state index in [1.54, 1.807) is 6.26 Å². The van der Waals surface area contributed by atoms with Crippen LogP contribution >= 0.6 is 0 Å². The zero-order valence-corrected chi connectivity index (χ0v) is 16.8. The second-order valence-electron chi connectivity index (χ2n) is 5.72. The van der Waals surface area contributed by atoms with Gasteiger partial charge in [-0.25, -0.2) is 0 Å². The van der Waals surface area contributed by atoms with Gasteiger partial charge >= 0.3 is 0 Å². The Morgan fingerprint density at radius 1 is 0.682 bits per heavy atom. The van der Waals surface area contributed by atoms with Crippen molar-refractivity contribution >= 4 is 15.4 Å². The van der Waals surface area contributed by atoms with E-state index in [1.165, 1.54) is 64.2 Å². The molecule has 0 aromatic rings. The summed E-state index contributed by atoms with van der Waals surface area (Å²) in [4.78, 5) is 0. The molecule has 0 aliphatic carbocycles. The smallest absolute Gasteiger partial charge is 0.0156 e. The monoisotopic (exact) mass is 336 g/mol. The Balaban J connectivity index is -0.000000172. The highest BCUT2D eigenvalue weighted by Crippen LogP contribution is 2.08. The third kappa shape index (κ3) is 42.7. The molecule has 0 N–H and O–H groups in total. The molecule has 2 heteroatoms. The number of rotatable bonds is 11. The summed E-state index contributed by atoms with van der Waals surface area (Å²) in [7, 11) is -1.73. The van der Waals surface area contributed by atoms with Crippen molar-refractivity contribution in [1.82, 2.24) is 0 Å². The maximum Gasteiger partial charge on any atom is 0.0156 e. The summed E-state index contributed by atoms with van der Waals surface area (Å²) in [6.45, 7) is 10.7. The van der Waals surface area contributed by atoms with E-state index in [9.17, 15) is 4.21 Å². The van der Waals surface area contributed by atoms with Gasteiger partial charge in [-0.05, 0) is 21.8 Å². The molecule has 0 radical (unpaired) electrons. The highest BCUT2D eigenvalue weighted by Gasteiger charge is 1.95. The molecule has 1 unspecified atom stereocenters. The van der Waals surface area contributed by atoms with Crippen molar-refractivity contribution in [1.29, 1.82) is 0 Å². The molecule has 140 valence electrons. The molecule has 0 aromatic carbocycles. The number of hydrogen-bond donors (Lipinski definition) is 0. The van der Waals surface area contributed by atoms with Crippen LogP contribution in [0.4, 0.5) is 0 Å². The average Bonchev–Trinajstić information content (AvgIpc) is 2.44. The van der Waals surface area contributed by atoms with E-state index in [0.717, 1.165) is 12.2 Å². The quantitative estimate of drug-likeness (QED) is 0.285. The van der Waals surface area contributed by atoms with Crippen LogP contribution in [0, 0.1) is 0 Å².